The van der Waals surface area contributed by atoms with Crippen molar-refractivity contribution in [2.75, 3.05) is 0 Å². The first kappa shape index (κ1) is 10.9. The number of rotatable bonds is 3. The number of aryl methyl sites for hydroxylation is 1. The van der Waals surface area contributed by atoms with Crippen LogP contribution < -0.4 is 0 Å². The van der Waals surface area contributed by atoms with Gasteiger partial charge in [-0.3, -0.25) is 0 Å². The summed E-state index contributed by atoms with van der Waals surface area (Å²) in [7, 11) is 0. The summed E-state index contributed by atoms with van der Waals surface area (Å²) >= 11 is 8.95. The highest BCUT2D eigenvalue weighted by molar-refractivity contribution is 8.00. The molecule has 0 aliphatic heterocycles. The number of thiazole rings is 1. The maximum Gasteiger partial charge on any atom is 0.151 e. The van der Waals surface area contributed by atoms with Gasteiger partial charge in [-0.25, -0.2) is 4.98 Å². The molecule has 0 radical (unpaired) electrons. The number of nitrogens with zero attached hydrogens (tertiary/aromatic N) is 3. The predicted molar refractivity (Wildman–Crippen MR) is 63.5 cm³/mol. The minimum atomic E-state index is 0.425. The smallest absolute Gasteiger partial charge is 0.151 e. The van der Waals surface area contributed by atoms with E-state index in [4.69, 9.17) is 11.6 Å². The molecule has 0 spiro atoms. The van der Waals surface area contributed by atoms with Gasteiger partial charge in [0.15, 0.2) is 5.15 Å². The zero-order valence-electron chi connectivity index (χ0n) is 7.98. The van der Waals surface area contributed by atoms with E-state index in [1.165, 1.54) is 0 Å². The van der Waals surface area contributed by atoms with Crippen molar-refractivity contribution in [2.24, 2.45) is 0 Å². The normalized spacial score (nSPS) is 10.5. The second-order valence-electron chi connectivity index (χ2n) is 2.89. The second-order valence-corrected chi connectivity index (χ2v) is 5.36. The molecule has 78 valence electrons. The minimum Gasteiger partial charge on any atom is -0.235 e. The van der Waals surface area contributed by atoms with E-state index in [1.54, 1.807) is 29.2 Å². The van der Waals surface area contributed by atoms with Crippen LogP contribution in [0.15, 0.2) is 21.9 Å². The molecule has 0 fully saturated rings. The van der Waals surface area contributed by atoms with Gasteiger partial charge in [0.05, 0.1) is 5.69 Å². The summed E-state index contributed by atoms with van der Waals surface area (Å²) in [6, 6.07) is 3.63. The van der Waals surface area contributed by atoms with Crippen LogP contribution in [0.4, 0.5) is 0 Å². The lowest BCUT2D eigenvalue weighted by molar-refractivity contribution is 0.971. The van der Waals surface area contributed by atoms with Crippen LogP contribution >= 0.6 is 34.7 Å². The molecule has 0 saturated heterocycles. The molecular weight excluding hydrogens is 250 g/mol. The van der Waals surface area contributed by atoms with Crippen molar-refractivity contribution in [3.8, 4) is 0 Å². The summed E-state index contributed by atoms with van der Waals surface area (Å²) < 4.78 is 1.06. The van der Waals surface area contributed by atoms with Crippen LogP contribution in [0.25, 0.3) is 0 Å². The van der Waals surface area contributed by atoms with Crippen molar-refractivity contribution >= 4 is 34.7 Å². The fourth-order valence-corrected chi connectivity index (χ4v) is 2.80. The molecule has 0 saturated carbocycles. The molecule has 0 aromatic carbocycles. The van der Waals surface area contributed by atoms with Crippen molar-refractivity contribution in [3.63, 3.8) is 0 Å². The average Bonchev–Trinajstić information content (AvgIpc) is 2.64. The summed E-state index contributed by atoms with van der Waals surface area (Å²) in [4.78, 5) is 4.35. The van der Waals surface area contributed by atoms with Crippen molar-refractivity contribution in [1.82, 2.24) is 15.2 Å². The van der Waals surface area contributed by atoms with Crippen LogP contribution in [0.3, 0.4) is 0 Å². The maximum atomic E-state index is 5.64. The molecule has 2 heterocycles. The number of aromatic nitrogens is 3. The van der Waals surface area contributed by atoms with Crippen molar-refractivity contribution in [2.45, 2.75) is 17.0 Å². The number of hydrogen-bond donors (Lipinski definition) is 0. The van der Waals surface area contributed by atoms with Gasteiger partial charge in [0.25, 0.3) is 0 Å². The number of halogens is 1. The Kier molecular flexibility index (Phi) is 3.56. The zero-order valence-corrected chi connectivity index (χ0v) is 10.4. The van der Waals surface area contributed by atoms with Crippen LogP contribution in [-0.2, 0) is 5.75 Å². The van der Waals surface area contributed by atoms with Gasteiger partial charge < -0.3 is 0 Å². The topological polar surface area (TPSA) is 38.7 Å². The Hall–Kier alpha value is -0.650. The first-order chi connectivity index (χ1) is 7.24. The fourth-order valence-electron chi connectivity index (χ4n) is 0.955. The average molecular weight is 258 g/mol. The summed E-state index contributed by atoms with van der Waals surface area (Å²) in [6.45, 7) is 1.99. The van der Waals surface area contributed by atoms with Gasteiger partial charge in [-0.05, 0) is 19.1 Å². The van der Waals surface area contributed by atoms with E-state index in [2.05, 4.69) is 15.2 Å². The third kappa shape index (κ3) is 3.15. The highest BCUT2D eigenvalue weighted by Crippen LogP contribution is 2.25. The molecule has 2 aromatic rings. The maximum absolute atomic E-state index is 5.64. The standard InChI is InChI=1S/C9H8ClN3S2/c1-6-4-14-9(11-6)15-5-7-2-3-8(10)13-12-7/h2-4H,5H2,1H3. The summed E-state index contributed by atoms with van der Waals surface area (Å²) in [5.41, 5.74) is 1.97. The molecular formula is C9H8ClN3S2. The van der Waals surface area contributed by atoms with E-state index < -0.39 is 0 Å². The Balaban J connectivity index is 1.96. The van der Waals surface area contributed by atoms with Gasteiger partial charge in [0, 0.05) is 16.8 Å². The fraction of sp³-hybridized carbons (Fsp3) is 0.222. The summed E-state index contributed by atoms with van der Waals surface area (Å²) in [5, 5.41) is 10.2. The third-order valence-corrected chi connectivity index (χ3v) is 4.00. The summed E-state index contributed by atoms with van der Waals surface area (Å²) in [5.74, 6) is 0.775. The molecule has 0 amide bonds. The van der Waals surface area contributed by atoms with E-state index in [0.717, 1.165) is 21.5 Å². The van der Waals surface area contributed by atoms with E-state index in [1.807, 2.05) is 18.4 Å². The van der Waals surface area contributed by atoms with Crippen LogP contribution in [0.2, 0.25) is 5.15 Å². The highest BCUT2D eigenvalue weighted by Gasteiger charge is 2.01. The Bertz CT molecular complexity index is 441. The van der Waals surface area contributed by atoms with E-state index in [0.29, 0.717) is 5.15 Å². The lowest BCUT2D eigenvalue weighted by Gasteiger charge is -1.96. The largest absolute Gasteiger partial charge is 0.235 e. The Morgan fingerprint density at radius 1 is 1.40 bits per heavy atom. The number of thioether (sulfide) groups is 1. The van der Waals surface area contributed by atoms with Gasteiger partial charge >= 0.3 is 0 Å². The summed E-state index contributed by atoms with van der Waals surface area (Å²) in [6.07, 6.45) is 0. The van der Waals surface area contributed by atoms with E-state index in [-0.39, 0.29) is 0 Å². The lowest BCUT2D eigenvalue weighted by Crippen LogP contribution is -1.89. The minimum absolute atomic E-state index is 0.425. The van der Waals surface area contributed by atoms with E-state index in [9.17, 15) is 0 Å². The highest BCUT2D eigenvalue weighted by atomic mass is 35.5. The van der Waals surface area contributed by atoms with Gasteiger partial charge in [-0.2, -0.15) is 5.10 Å². The monoisotopic (exact) mass is 257 g/mol. The first-order valence-electron chi connectivity index (χ1n) is 4.27. The van der Waals surface area contributed by atoms with Gasteiger partial charge in [0.1, 0.15) is 4.34 Å². The van der Waals surface area contributed by atoms with Gasteiger partial charge in [0.2, 0.25) is 0 Å². The van der Waals surface area contributed by atoms with Crippen molar-refractivity contribution < 1.29 is 0 Å². The molecule has 3 nitrogen and oxygen atoms in total. The van der Waals surface area contributed by atoms with Crippen LogP contribution in [0.5, 0.6) is 0 Å². The lowest BCUT2D eigenvalue weighted by atomic mass is 10.4. The second kappa shape index (κ2) is 4.92. The van der Waals surface area contributed by atoms with Crippen LogP contribution in [0.1, 0.15) is 11.4 Å². The molecule has 0 N–H and O–H groups in total. The zero-order chi connectivity index (χ0) is 10.7. The Morgan fingerprint density at radius 3 is 2.87 bits per heavy atom. The first-order valence-corrected chi connectivity index (χ1v) is 6.51. The quantitative estimate of drug-likeness (QED) is 0.792. The predicted octanol–water partition coefficient (Wildman–Crippen LogP) is 3.19. The molecule has 2 aromatic heterocycles. The molecule has 0 aliphatic rings. The molecule has 0 bridgehead atoms. The van der Waals surface area contributed by atoms with E-state index >= 15 is 0 Å². The molecule has 0 atom stereocenters. The third-order valence-electron chi connectivity index (χ3n) is 1.63. The Morgan fingerprint density at radius 2 is 2.27 bits per heavy atom. The van der Waals surface area contributed by atoms with Crippen molar-refractivity contribution in [3.05, 3.63) is 34.1 Å². The molecule has 6 heteroatoms. The number of hydrogen-bond acceptors (Lipinski definition) is 5. The van der Waals surface area contributed by atoms with Crippen LogP contribution in [0, 0.1) is 6.92 Å². The Labute approximate surface area is 101 Å². The van der Waals surface area contributed by atoms with Crippen molar-refractivity contribution in [1.29, 1.82) is 0 Å². The van der Waals surface area contributed by atoms with Gasteiger partial charge in [-0.15, -0.1) is 16.4 Å². The SMILES string of the molecule is Cc1csc(SCc2ccc(Cl)nn2)n1. The molecule has 0 aliphatic carbocycles. The molecule has 15 heavy (non-hydrogen) atoms. The van der Waals surface area contributed by atoms with Crippen LogP contribution in [-0.4, -0.2) is 15.2 Å². The molecule has 2 rings (SSSR count). The molecule has 0 unspecified atom stereocenters. The van der Waals surface area contributed by atoms with Gasteiger partial charge in [-0.1, -0.05) is 23.4 Å².